The fraction of sp³-hybridized carbons (Fsp3) is 0.471. The Balaban J connectivity index is 1.77. The molecule has 1 aliphatic carbocycles. The highest BCUT2D eigenvalue weighted by Gasteiger charge is 2.24. The van der Waals surface area contributed by atoms with Gasteiger partial charge in [-0.05, 0) is 36.8 Å². The number of aromatic nitrogens is 1. The number of aliphatic hydroxyl groups is 1. The number of aliphatic hydroxyl groups excluding tert-OH is 1. The van der Waals surface area contributed by atoms with Gasteiger partial charge in [-0.25, -0.2) is 4.98 Å². The number of nitrogens with zero attached hydrogens (tertiary/aromatic N) is 1. The molecule has 0 bridgehead atoms. The Morgan fingerprint density at radius 3 is 2.76 bits per heavy atom. The highest BCUT2D eigenvalue weighted by atomic mass is 79.9. The van der Waals surface area contributed by atoms with E-state index in [2.05, 4.69) is 38.4 Å². The number of benzene rings is 1. The molecule has 1 aliphatic rings. The Kier molecular flexibility index (Phi) is 4.76. The van der Waals surface area contributed by atoms with Crippen LogP contribution in [0.2, 0.25) is 0 Å². The van der Waals surface area contributed by atoms with Gasteiger partial charge in [0.05, 0.1) is 0 Å². The van der Waals surface area contributed by atoms with E-state index < -0.39 is 0 Å². The van der Waals surface area contributed by atoms with Crippen LogP contribution >= 0.6 is 15.9 Å². The lowest BCUT2D eigenvalue weighted by Gasteiger charge is -2.30. The third kappa shape index (κ3) is 3.22. The molecule has 21 heavy (non-hydrogen) atoms. The zero-order valence-electron chi connectivity index (χ0n) is 12.1. The van der Waals surface area contributed by atoms with Gasteiger partial charge < -0.3 is 10.4 Å². The maximum Gasteiger partial charge on any atom is 0.133 e. The number of halogens is 1. The lowest BCUT2D eigenvalue weighted by Crippen LogP contribution is -2.28. The minimum atomic E-state index is 0.306. The second-order valence-electron chi connectivity index (χ2n) is 5.86. The van der Waals surface area contributed by atoms with Crippen LogP contribution in [0.1, 0.15) is 25.7 Å². The van der Waals surface area contributed by atoms with Crippen LogP contribution in [0.25, 0.3) is 10.8 Å². The molecule has 1 saturated carbocycles. The predicted molar refractivity (Wildman–Crippen MR) is 90.5 cm³/mol. The molecule has 0 radical (unpaired) electrons. The molecule has 0 saturated heterocycles. The number of hydrogen-bond acceptors (Lipinski definition) is 3. The Labute approximate surface area is 133 Å². The molecule has 112 valence electrons. The van der Waals surface area contributed by atoms with Crippen molar-refractivity contribution in [2.24, 2.45) is 11.8 Å². The van der Waals surface area contributed by atoms with Gasteiger partial charge in [-0.3, -0.25) is 0 Å². The maximum absolute atomic E-state index is 9.52. The minimum Gasteiger partial charge on any atom is -0.396 e. The number of rotatable bonds is 4. The fourth-order valence-electron chi connectivity index (χ4n) is 3.33. The van der Waals surface area contributed by atoms with Crippen molar-refractivity contribution in [1.29, 1.82) is 0 Å². The molecular weight excluding hydrogens is 328 g/mol. The van der Waals surface area contributed by atoms with Crippen molar-refractivity contribution < 1.29 is 5.11 Å². The summed E-state index contributed by atoms with van der Waals surface area (Å²) in [5.74, 6) is 1.93. The van der Waals surface area contributed by atoms with E-state index >= 15 is 0 Å². The van der Waals surface area contributed by atoms with E-state index in [0.29, 0.717) is 18.4 Å². The first-order valence-corrected chi connectivity index (χ1v) is 8.47. The third-order valence-corrected chi connectivity index (χ3v) is 5.28. The van der Waals surface area contributed by atoms with Gasteiger partial charge in [0.1, 0.15) is 5.82 Å². The third-order valence-electron chi connectivity index (χ3n) is 4.59. The SMILES string of the molecule is OCC1CCCCC1CNc1nccc2c(Br)cccc12. The maximum atomic E-state index is 9.52. The highest BCUT2D eigenvalue weighted by molar-refractivity contribution is 9.10. The molecule has 0 amide bonds. The number of hydrogen-bond donors (Lipinski definition) is 2. The lowest BCUT2D eigenvalue weighted by molar-refractivity contribution is 0.141. The first-order chi connectivity index (χ1) is 10.3. The topological polar surface area (TPSA) is 45.1 Å². The summed E-state index contributed by atoms with van der Waals surface area (Å²) in [6.07, 6.45) is 6.72. The van der Waals surface area contributed by atoms with Gasteiger partial charge in [-0.1, -0.05) is 40.9 Å². The zero-order valence-corrected chi connectivity index (χ0v) is 13.6. The van der Waals surface area contributed by atoms with Gasteiger partial charge in [0.25, 0.3) is 0 Å². The van der Waals surface area contributed by atoms with Crippen LogP contribution in [0, 0.1) is 11.8 Å². The Morgan fingerprint density at radius 1 is 1.14 bits per heavy atom. The molecule has 0 aliphatic heterocycles. The van der Waals surface area contributed by atoms with Crippen molar-refractivity contribution in [2.45, 2.75) is 25.7 Å². The van der Waals surface area contributed by atoms with Crippen LogP contribution in [0.3, 0.4) is 0 Å². The van der Waals surface area contributed by atoms with E-state index in [1.54, 1.807) is 0 Å². The summed E-state index contributed by atoms with van der Waals surface area (Å²) in [7, 11) is 0. The first-order valence-electron chi connectivity index (χ1n) is 7.67. The van der Waals surface area contributed by atoms with Crippen molar-refractivity contribution >= 4 is 32.5 Å². The van der Waals surface area contributed by atoms with Crippen LogP contribution in [-0.2, 0) is 0 Å². The molecule has 1 aromatic carbocycles. The van der Waals surface area contributed by atoms with Crippen molar-refractivity contribution in [3.05, 3.63) is 34.9 Å². The van der Waals surface area contributed by atoms with Crippen LogP contribution in [-0.4, -0.2) is 23.2 Å². The first kappa shape index (κ1) is 14.8. The molecule has 2 unspecified atom stereocenters. The van der Waals surface area contributed by atoms with Crippen LogP contribution < -0.4 is 5.32 Å². The van der Waals surface area contributed by atoms with Gasteiger partial charge in [0.2, 0.25) is 0 Å². The molecular formula is C17H21BrN2O. The summed E-state index contributed by atoms with van der Waals surface area (Å²) in [4.78, 5) is 4.49. The van der Waals surface area contributed by atoms with Crippen molar-refractivity contribution in [3.8, 4) is 0 Å². The molecule has 3 nitrogen and oxygen atoms in total. The predicted octanol–water partition coefficient (Wildman–Crippen LogP) is 4.21. The molecule has 1 aromatic heterocycles. The number of nitrogens with one attached hydrogen (secondary N) is 1. The van der Waals surface area contributed by atoms with Crippen molar-refractivity contribution in [2.75, 3.05) is 18.5 Å². The Morgan fingerprint density at radius 2 is 1.95 bits per heavy atom. The van der Waals surface area contributed by atoms with E-state index in [1.165, 1.54) is 24.6 Å². The molecule has 2 aromatic rings. The lowest BCUT2D eigenvalue weighted by atomic mass is 9.79. The second kappa shape index (κ2) is 6.75. The number of anilines is 1. The number of pyridine rings is 1. The van der Waals surface area contributed by atoms with Gasteiger partial charge >= 0.3 is 0 Å². The molecule has 0 spiro atoms. The van der Waals surface area contributed by atoms with Crippen LogP contribution in [0.5, 0.6) is 0 Å². The zero-order chi connectivity index (χ0) is 14.7. The highest BCUT2D eigenvalue weighted by Crippen LogP contribution is 2.31. The fourth-order valence-corrected chi connectivity index (χ4v) is 3.83. The van der Waals surface area contributed by atoms with Gasteiger partial charge in [0, 0.05) is 34.6 Å². The largest absolute Gasteiger partial charge is 0.396 e. The molecule has 1 fully saturated rings. The molecule has 1 heterocycles. The van der Waals surface area contributed by atoms with Crippen LogP contribution in [0.4, 0.5) is 5.82 Å². The molecule has 2 atom stereocenters. The standard InChI is InChI=1S/C17H21BrN2O/c18-16-7-3-6-15-14(16)8-9-19-17(15)20-10-12-4-1-2-5-13(12)11-21/h3,6-9,12-13,21H,1-2,4-5,10-11H2,(H,19,20). The van der Waals surface area contributed by atoms with Gasteiger partial charge in [-0.2, -0.15) is 0 Å². The van der Waals surface area contributed by atoms with Crippen molar-refractivity contribution in [3.63, 3.8) is 0 Å². The van der Waals surface area contributed by atoms with Crippen LogP contribution in [0.15, 0.2) is 34.9 Å². The molecule has 4 heteroatoms. The molecule has 3 rings (SSSR count). The quantitative estimate of drug-likeness (QED) is 0.869. The summed E-state index contributed by atoms with van der Waals surface area (Å²) in [6.45, 7) is 1.20. The Hall–Kier alpha value is -1.13. The second-order valence-corrected chi connectivity index (χ2v) is 6.72. The number of fused-ring (bicyclic) bond motifs is 1. The van der Waals surface area contributed by atoms with E-state index in [0.717, 1.165) is 28.6 Å². The normalized spacial score (nSPS) is 22.4. The van der Waals surface area contributed by atoms with E-state index in [1.807, 2.05) is 18.3 Å². The van der Waals surface area contributed by atoms with E-state index in [9.17, 15) is 5.11 Å². The van der Waals surface area contributed by atoms with E-state index in [-0.39, 0.29) is 0 Å². The summed E-state index contributed by atoms with van der Waals surface area (Å²) in [5.41, 5.74) is 0. The monoisotopic (exact) mass is 348 g/mol. The summed E-state index contributed by atoms with van der Waals surface area (Å²) in [5, 5.41) is 15.3. The minimum absolute atomic E-state index is 0.306. The smallest absolute Gasteiger partial charge is 0.133 e. The Bertz CT molecular complexity index is 617. The summed E-state index contributed by atoms with van der Waals surface area (Å²) in [6, 6.07) is 8.22. The summed E-state index contributed by atoms with van der Waals surface area (Å²) >= 11 is 3.59. The average molecular weight is 349 g/mol. The average Bonchev–Trinajstić information content (AvgIpc) is 2.53. The van der Waals surface area contributed by atoms with Crippen molar-refractivity contribution in [1.82, 2.24) is 4.98 Å². The molecule has 2 N–H and O–H groups in total. The van der Waals surface area contributed by atoms with E-state index in [4.69, 9.17) is 0 Å². The van der Waals surface area contributed by atoms with Gasteiger partial charge in [0.15, 0.2) is 0 Å². The summed E-state index contributed by atoms with van der Waals surface area (Å²) < 4.78 is 1.09. The van der Waals surface area contributed by atoms with Gasteiger partial charge in [-0.15, -0.1) is 0 Å².